The number of aromatic amines is 1. The molecule has 113 heavy (non-hydrogen) atoms. The average molecular weight is 1650 g/mol. The Morgan fingerprint density at radius 3 is 1.34 bits per heavy atom. The smallest absolute Gasteiger partial charge is 0.399 e. The van der Waals surface area contributed by atoms with Crippen LogP contribution in [-0.4, -0.2) is 141 Å². The maximum Gasteiger partial charge on any atom is 0.496 e. The number of nitrogens with zero attached hydrogens (tertiary/aromatic N) is 17. The summed E-state index contributed by atoms with van der Waals surface area (Å²) in [6.45, 7) is 30.4. The number of pyridine rings is 3. The van der Waals surface area contributed by atoms with E-state index in [1.54, 1.807) is 31.6 Å². The van der Waals surface area contributed by atoms with Crippen LogP contribution in [0.1, 0.15) is 61.1 Å². The van der Waals surface area contributed by atoms with Crippen LogP contribution in [0.5, 0.6) is 0 Å². The number of benzene rings is 6. The Morgan fingerprint density at radius 1 is 0.434 bits per heavy atom. The third-order valence-electron chi connectivity index (χ3n) is 21.9. The van der Waals surface area contributed by atoms with Gasteiger partial charge in [0.2, 0.25) is 0 Å². The van der Waals surface area contributed by atoms with Crippen molar-refractivity contribution in [1.82, 2.24) is 73.9 Å². The van der Waals surface area contributed by atoms with Gasteiger partial charge in [0, 0.05) is 124 Å². The van der Waals surface area contributed by atoms with E-state index in [9.17, 15) is 0 Å². The van der Waals surface area contributed by atoms with Gasteiger partial charge in [-0.25, -0.2) is 59.8 Å². The normalized spacial score (nSPS) is 15.2. The number of imidazole rings is 3. The van der Waals surface area contributed by atoms with Gasteiger partial charge in [0.05, 0.1) is 52.3 Å². The number of fused-ring (bicyclic) bond motifs is 9. The number of H-pyrrole nitrogens is 1. The molecule has 574 valence electrons. The van der Waals surface area contributed by atoms with Crippen molar-refractivity contribution >= 4 is 135 Å². The first-order valence-corrected chi connectivity index (χ1v) is 47.4. The summed E-state index contributed by atoms with van der Waals surface area (Å²) in [5.41, 5.74) is 20.8. The Bertz CT molecular complexity index is 5930. The predicted octanol–water partition coefficient (Wildman–Crippen LogP) is 16.9. The largest absolute Gasteiger partial charge is 0.496 e. The lowest BCUT2D eigenvalue weighted by Gasteiger charge is -2.32. The maximum atomic E-state index is 6.10. The summed E-state index contributed by atoms with van der Waals surface area (Å²) in [5.74, 6) is 3.02. The van der Waals surface area contributed by atoms with Gasteiger partial charge in [-0.05, 0) is 187 Å². The Hall–Kier alpha value is -10.3. The average Bonchev–Trinajstić information content (AvgIpc) is 1.55. The van der Waals surface area contributed by atoms with Gasteiger partial charge in [0.1, 0.15) is 60.9 Å². The fraction of sp³-hybridized carbons (Fsp3) is 0.310. The zero-order valence-electron chi connectivity index (χ0n) is 65.9. The van der Waals surface area contributed by atoms with E-state index in [0.717, 1.165) is 195 Å². The summed E-state index contributed by atoms with van der Waals surface area (Å²) >= 11 is 2.34. The van der Waals surface area contributed by atoms with Gasteiger partial charge in [-0.2, -0.15) is 0 Å². The molecule has 9 aromatic heterocycles. The first kappa shape index (κ1) is 76.6. The molecule has 4 aliphatic rings. The van der Waals surface area contributed by atoms with E-state index < -0.39 is 23.3 Å². The van der Waals surface area contributed by atoms with Gasteiger partial charge in [0.25, 0.3) is 0 Å². The molecule has 1 fully saturated rings. The van der Waals surface area contributed by atoms with Crippen LogP contribution >= 0.6 is 22.6 Å². The lowest BCUT2D eigenvalue weighted by Crippen LogP contribution is -2.41. The molecule has 15 aromatic rings. The SMILES string of the molecule is CC1(C)OB(c2cnc3c(c2)ncn3COCC[Si](C)(C)C)OC1(C)C.C[Si](C)(C)CCOCn1cnc2cc(-c3ccc4ncnc(N5CCc6ccccc6C5)c4c3)cnc21.Ic1ccc2ncnc(N3CCc4ccccc4C3)c2c1.c1ccc2c(c1)CCN(c1ncnc3ccc(-c4cnc5nc[nH]c5c4)cc13)C2. The van der Waals surface area contributed by atoms with Gasteiger partial charge in [-0.3, -0.25) is 9.13 Å². The number of hydrogen-bond acceptors (Lipinski definition) is 19. The third-order valence-corrected chi connectivity index (χ3v) is 26.0. The molecule has 13 heterocycles. The van der Waals surface area contributed by atoms with Crippen LogP contribution in [0.15, 0.2) is 202 Å². The number of anilines is 3. The van der Waals surface area contributed by atoms with Crippen molar-refractivity contribution in [1.29, 1.82) is 0 Å². The molecule has 1 saturated heterocycles. The highest BCUT2D eigenvalue weighted by Crippen LogP contribution is 2.39. The van der Waals surface area contributed by atoms with E-state index in [2.05, 4.69) is 271 Å². The topological polar surface area (TPSA) is 227 Å². The van der Waals surface area contributed by atoms with Crippen LogP contribution in [0.4, 0.5) is 17.5 Å². The van der Waals surface area contributed by atoms with Gasteiger partial charge in [-0.1, -0.05) is 124 Å². The molecular formula is C87H94BIN18O4Si2. The summed E-state index contributed by atoms with van der Waals surface area (Å²) in [5, 5.41) is 3.26. The van der Waals surface area contributed by atoms with E-state index in [-0.39, 0.29) is 11.2 Å². The molecule has 0 amide bonds. The zero-order valence-corrected chi connectivity index (χ0v) is 70.0. The zero-order chi connectivity index (χ0) is 78.0. The predicted molar refractivity (Wildman–Crippen MR) is 466 cm³/mol. The standard InChI is InChI=1S/C29H32N6OSi.C23H18N6.C18H30BN3O3Si.C17H14IN3/c1-37(2,3)13-12-36-20-35-19-33-27-15-24(16-30-29(27)35)22-8-9-26-25(14-22)28(32-18-31-26)34-11-10-21-6-4-5-7-23(21)17-34;1-2-4-17-12-29(8-7-15(17)3-1)23-19-9-16(5-6-20(19)25-14-28-23)18-10-21-22(24-11-18)27-13-26-21;1-17(2)18(3,4)25-19(24-17)14-10-15-16(20-11-14)22(12-21-15)13-23-8-9-26(5,6)7;18-14-5-6-16-15(9-14)17(20-11-19-16)21-8-7-12-3-1-2-4-13(12)10-21/h4-9,14-16,18-19H,10-13,17,20H2,1-3H3;1-6,9-11,13-14H,7-8,12H2,(H,24,26,27);10-12H,8-9,13H2,1-7H3;1-6,9,11H,7-8,10H2. The van der Waals surface area contributed by atoms with E-state index in [1.165, 1.54) is 37.0 Å². The second kappa shape index (κ2) is 32.6. The van der Waals surface area contributed by atoms with E-state index >= 15 is 0 Å². The van der Waals surface area contributed by atoms with Crippen molar-refractivity contribution in [3.05, 3.63) is 239 Å². The Labute approximate surface area is 674 Å². The van der Waals surface area contributed by atoms with Crippen LogP contribution < -0.4 is 20.2 Å². The quantitative estimate of drug-likeness (QED) is 0.0539. The molecule has 0 saturated carbocycles. The molecule has 19 rings (SSSR count). The van der Waals surface area contributed by atoms with Crippen LogP contribution in [-0.2, 0) is 71.1 Å². The van der Waals surface area contributed by atoms with Crippen molar-refractivity contribution in [3.8, 4) is 22.3 Å². The molecule has 0 spiro atoms. The first-order chi connectivity index (χ1) is 54.6. The van der Waals surface area contributed by atoms with E-state index in [4.69, 9.17) is 28.8 Å². The van der Waals surface area contributed by atoms with Crippen LogP contribution in [0, 0.1) is 3.57 Å². The summed E-state index contributed by atoms with van der Waals surface area (Å²) in [6.07, 6.45) is 19.0. The van der Waals surface area contributed by atoms with Gasteiger partial charge in [-0.15, -0.1) is 0 Å². The number of aromatic nitrogens is 15. The molecular weight excluding hydrogens is 1550 g/mol. The molecule has 0 radical (unpaired) electrons. The number of hydrogen-bond donors (Lipinski definition) is 1. The third kappa shape index (κ3) is 17.4. The van der Waals surface area contributed by atoms with Crippen LogP contribution in [0.2, 0.25) is 51.4 Å². The summed E-state index contributed by atoms with van der Waals surface area (Å²) < 4.78 is 29.1. The molecule has 0 atom stereocenters. The lowest BCUT2D eigenvalue weighted by atomic mass is 9.80. The molecule has 0 aliphatic carbocycles. The van der Waals surface area contributed by atoms with E-state index in [0.29, 0.717) is 13.5 Å². The highest BCUT2D eigenvalue weighted by atomic mass is 127. The van der Waals surface area contributed by atoms with Crippen molar-refractivity contribution < 1.29 is 18.8 Å². The summed E-state index contributed by atoms with van der Waals surface area (Å²) in [7, 11) is -2.60. The Balaban J connectivity index is 0.000000116. The lowest BCUT2D eigenvalue weighted by molar-refractivity contribution is 0.00578. The monoisotopic (exact) mass is 1650 g/mol. The highest BCUT2D eigenvalue weighted by Gasteiger charge is 2.52. The molecule has 1 N–H and O–H groups in total. The van der Waals surface area contributed by atoms with E-state index in [1.807, 2.05) is 67.8 Å². The first-order valence-electron chi connectivity index (χ1n) is 38.9. The fourth-order valence-electron chi connectivity index (χ4n) is 14.7. The van der Waals surface area contributed by atoms with Crippen molar-refractivity contribution in [2.24, 2.45) is 0 Å². The van der Waals surface area contributed by atoms with Gasteiger partial charge < -0.3 is 38.5 Å². The molecule has 26 heteroatoms. The van der Waals surface area contributed by atoms with Gasteiger partial charge >= 0.3 is 7.12 Å². The minimum Gasteiger partial charge on any atom is -0.399 e. The van der Waals surface area contributed by atoms with Crippen molar-refractivity contribution in [2.75, 3.05) is 47.5 Å². The molecule has 22 nitrogen and oxygen atoms in total. The number of ether oxygens (including phenoxy) is 2. The van der Waals surface area contributed by atoms with Gasteiger partial charge in [0.15, 0.2) is 16.9 Å². The number of halogens is 1. The maximum absolute atomic E-state index is 6.10. The van der Waals surface area contributed by atoms with Crippen molar-refractivity contribution in [2.45, 2.75) is 143 Å². The van der Waals surface area contributed by atoms with Crippen LogP contribution in [0.25, 0.3) is 88.5 Å². The Kier molecular flexibility index (Phi) is 22.1. The minimum atomic E-state index is -1.11. The fourth-order valence-corrected chi connectivity index (χ4v) is 16.7. The second-order valence-corrected chi connectivity index (χ2v) is 45.4. The number of rotatable bonds is 16. The highest BCUT2D eigenvalue weighted by molar-refractivity contribution is 14.1. The molecule has 6 aromatic carbocycles. The number of nitrogens with one attached hydrogen (secondary N) is 1. The molecule has 4 aliphatic heterocycles. The van der Waals surface area contributed by atoms with Crippen LogP contribution in [0.3, 0.4) is 0 Å². The molecule has 0 unspecified atom stereocenters. The minimum absolute atomic E-state index is 0.365. The molecule has 0 bridgehead atoms. The summed E-state index contributed by atoms with van der Waals surface area (Å²) in [6, 6.07) is 53.5. The summed E-state index contributed by atoms with van der Waals surface area (Å²) in [4.78, 5) is 64.6. The second-order valence-electron chi connectivity index (χ2n) is 32.9. The van der Waals surface area contributed by atoms with Crippen molar-refractivity contribution in [3.63, 3.8) is 0 Å². The Morgan fingerprint density at radius 2 is 0.858 bits per heavy atom.